The first-order valence-electron chi connectivity index (χ1n) is 35.1. The summed E-state index contributed by atoms with van der Waals surface area (Å²) in [7, 11) is 1.60. The first-order chi connectivity index (χ1) is 38.0. The molecule has 3 unspecified atom stereocenters. The average molecular weight is 1120 g/mol. The second-order valence-electron chi connectivity index (χ2n) is 25.6. The molecule has 0 saturated carbocycles. The van der Waals surface area contributed by atoms with Gasteiger partial charge < -0.3 is 19.8 Å². The van der Waals surface area contributed by atoms with Crippen LogP contribution in [-0.2, 0) is 18.4 Å². The third-order valence-electron chi connectivity index (χ3n) is 16.5. The quantitative estimate of drug-likeness (QED) is 0.0243. The maximum atomic E-state index is 13.0. The zero-order valence-corrected chi connectivity index (χ0v) is 54.3. The summed E-state index contributed by atoms with van der Waals surface area (Å²) in [4.78, 5) is 23.4. The molecule has 0 aliphatic heterocycles. The lowest BCUT2D eigenvalue weighted by Crippen LogP contribution is -2.45. The Kier molecular flexibility index (Phi) is 60.2. The van der Waals surface area contributed by atoms with Gasteiger partial charge in [0.15, 0.2) is 0 Å². The first-order valence-corrected chi connectivity index (χ1v) is 36.6. The summed E-state index contributed by atoms with van der Waals surface area (Å²) in [6.07, 6.45) is 77.9. The number of carbonyl (C=O) groups excluding carboxylic acids is 1. The predicted octanol–water partition coefficient (Wildman–Crippen LogP) is 22.1. The van der Waals surface area contributed by atoms with Crippen LogP contribution in [0.4, 0.5) is 0 Å². The van der Waals surface area contributed by atoms with Gasteiger partial charge in [0.25, 0.3) is 0 Å². The van der Waals surface area contributed by atoms with Gasteiger partial charge in [-0.15, -0.1) is 0 Å². The van der Waals surface area contributed by atoms with Gasteiger partial charge in [-0.25, -0.2) is 4.57 Å². The number of phosphoric acid groups is 1. The average Bonchev–Trinajstić information content (AvgIpc) is 3.41. The monoisotopic (exact) mass is 1120 g/mol. The minimum absolute atomic E-state index is 0.0655. The fourth-order valence-electron chi connectivity index (χ4n) is 11.0. The second kappa shape index (κ2) is 60.8. The Bertz CT molecular complexity index is 1280. The van der Waals surface area contributed by atoms with E-state index in [0.29, 0.717) is 17.4 Å². The van der Waals surface area contributed by atoms with Crippen molar-refractivity contribution in [2.45, 2.75) is 386 Å². The number of allylic oxidation sites excluding steroid dienone is 1. The molecule has 8 nitrogen and oxygen atoms in total. The topological polar surface area (TPSA) is 105 Å². The highest BCUT2D eigenvalue weighted by Gasteiger charge is 2.28. The molecule has 0 aliphatic carbocycles. The SMILES string of the molecule is CCCCCCCCCCCCCCCCCCCCCCCCC/C=C/C(O)C(COP(=O)(O)OCC[N+](C)(C)C)NC(=O)CCCCCCCCCCCCCCCCCCCCCCCCCCCCCCCCC. The van der Waals surface area contributed by atoms with Crippen LogP contribution >= 0.6 is 7.82 Å². The molecule has 9 heteroatoms. The van der Waals surface area contributed by atoms with Gasteiger partial charge in [-0.1, -0.05) is 360 Å². The van der Waals surface area contributed by atoms with Crippen molar-refractivity contribution in [2.75, 3.05) is 40.9 Å². The van der Waals surface area contributed by atoms with E-state index in [1.165, 1.54) is 321 Å². The molecular weight excluding hydrogens is 984 g/mol. The Balaban J connectivity index is 4.02. The molecule has 0 rings (SSSR count). The standard InChI is InChI=1S/C69H139N2O6P/c1-6-8-10-12-14-16-18-20-22-24-26-28-30-32-33-34-35-36-37-39-41-43-45-47-49-51-53-55-57-59-61-63-69(73)70-67(66-77-78(74,75)76-65-64-71(3,4)5)68(72)62-60-58-56-54-52-50-48-46-44-42-40-38-31-29-27-25-23-21-19-17-15-13-11-9-7-2/h60,62,67-68,72H,6-59,61,63-66H2,1-5H3,(H-,70,73,74,75)/p+1/b62-60+. The number of carbonyl (C=O) groups is 1. The van der Waals surface area contributed by atoms with Gasteiger partial charge in [0.2, 0.25) is 5.91 Å². The molecule has 0 spiro atoms. The number of hydrogen-bond donors (Lipinski definition) is 3. The molecule has 0 aliphatic rings. The number of aliphatic hydroxyl groups is 1. The van der Waals surface area contributed by atoms with E-state index in [2.05, 4.69) is 19.2 Å². The lowest BCUT2D eigenvalue weighted by Gasteiger charge is -2.25. The molecule has 0 aromatic heterocycles. The van der Waals surface area contributed by atoms with E-state index >= 15 is 0 Å². The van der Waals surface area contributed by atoms with Crippen molar-refractivity contribution in [1.82, 2.24) is 5.32 Å². The Morgan fingerprint density at radius 2 is 0.679 bits per heavy atom. The summed E-state index contributed by atoms with van der Waals surface area (Å²) in [5.41, 5.74) is 0. The number of nitrogens with one attached hydrogen (secondary N) is 1. The van der Waals surface area contributed by atoms with Crippen LogP contribution in [0.25, 0.3) is 0 Å². The van der Waals surface area contributed by atoms with E-state index in [4.69, 9.17) is 9.05 Å². The lowest BCUT2D eigenvalue weighted by atomic mass is 10.0. The van der Waals surface area contributed by atoms with E-state index in [1.807, 2.05) is 27.2 Å². The largest absolute Gasteiger partial charge is 0.472 e. The lowest BCUT2D eigenvalue weighted by molar-refractivity contribution is -0.870. The van der Waals surface area contributed by atoms with E-state index in [-0.39, 0.29) is 19.1 Å². The Hall–Kier alpha value is -0.760. The van der Waals surface area contributed by atoms with Crippen LogP contribution in [0.3, 0.4) is 0 Å². The zero-order valence-electron chi connectivity index (χ0n) is 53.5. The van der Waals surface area contributed by atoms with Crippen LogP contribution in [0, 0.1) is 0 Å². The molecule has 0 heterocycles. The molecule has 3 atom stereocenters. The normalized spacial score (nSPS) is 13.7. The van der Waals surface area contributed by atoms with Crippen LogP contribution in [0.5, 0.6) is 0 Å². The molecule has 0 fully saturated rings. The van der Waals surface area contributed by atoms with Crippen LogP contribution < -0.4 is 5.32 Å². The fraction of sp³-hybridized carbons (Fsp3) is 0.957. The number of aliphatic hydroxyl groups excluding tert-OH is 1. The number of hydrogen-bond acceptors (Lipinski definition) is 5. The third kappa shape index (κ3) is 62.8. The van der Waals surface area contributed by atoms with Crippen molar-refractivity contribution >= 4 is 13.7 Å². The summed E-state index contributed by atoms with van der Waals surface area (Å²) >= 11 is 0. The van der Waals surface area contributed by atoms with Crippen molar-refractivity contribution in [2.24, 2.45) is 0 Å². The van der Waals surface area contributed by atoms with Crippen LogP contribution in [0.15, 0.2) is 12.2 Å². The maximum Gasteiger partial charge on any atom is 0.472 e. The molecule has 0 radical (unpaired) electrons. The minimum Gasteiger partial charge on any atom is -0.387 e. The van der Waals surface area contributed by atoms with Gasteiger partial charge in [0.05, 0.1) is 39.9 Å². The Morgan fingerprint density at radius 3 is 0.949 bits per heavy atom. The van der Waals surface area contributed by atoms with Gasteiger partial charge in [-0.05, 0) is 19.3 Å². The van der Waals surface area contributed by atoms with Gasteiger partial charge in [0, 0.05) is 6.42 Å². The highest BCUT2D eigenvalue weighted by atomic mass is 31.2. The van der Waals surface area contributed by atoms with Crippen molar-refractivity contribution in [3.8, 4) is 0 Å². The molecule has 466 valence electrons. The highest BCUT2D eigenvalue weighted by Crippen LogP contribution is 2.43. The number of nitrogens with zero attached hydrogens (tertiary/aromatic N) is 1. The molecular formula is C69H140N2O6P+. The van der Waals surface area contributed by atoms with Crippen molar-refractivity contribution in [1.29, 1.82) is 0 Å². The number of unbranched alkanes of at least 4 members (excludes halogenated alkanes) is 53. The van der Waals surface area contributed by atoms with Gasteiger partial charge in [-0.2, -0.15) is 0 Å². The van der Waals surface area contributed by atoms with Crippen LogP contribution in [0.1, 0.15) is 373 Å². The number of rotatable bonds is 66. The summed E-state index contributed by atoms with van der Waals surface area (Å²) in [6, 6.07) is -0.844. The fourth-order valence-corrected chi connectivity index (χ4v) is 11.8. The number of likely N-dealkylation sites (N-methyl/N-ethyl adjacent to an activating group) is 1. The van der Waals surface area contributed by atoms with Gasteiger partial charge >= 0.3 is 7.82 Å². The summed E-state index contributed by atoms with van der Waals surface area (Å²) in [5.74, 6) is -0.167. The van der Waals surface area contributed by atoms with E-state index in [1.54, 1.807) is 6.08 Å². The molecule has 3 N–H and O–H groups in total. The van der Waals surface area contributed by atoms with E-state index < -0.39 is 20.0 Å². The Labute approximate surface area is 488 Å². The third-order valence-corrected chi connectivity index (χ3v) is 17.5. The van der Waals surface area contributed by atoms with Gasteiger partial charge in [0.1, 0.15) is 13.2 Å². The Morgan fingerprint density at radius 1 is 0.423 bits per heavy atom. The molecule has 1 amide bonds. The van der Waals surface area contributed by atoms with Crippen molar-refractivity contribution in [3.05, 3.63) is 12.2 Å². The summed E-state index contributed by atoms with van der Waals surface area (Å²) in [6.45, 7) is 4.89. The highest BCUT2D eigenvalue weighted by molar-refractivity contribution is 7.47. The molecule has 78 heavy (non-hydrogen) atoms. The van der Waals surface area contributed by atoms with Crippen LogP contribution in [0.2, 0.25) is 0 Å². The summed E-state index contributed by atoms with van der Waals surface area (Å²) < 4.78 is 23.8. The number of quaternary nitrogens is 1. The van der Waals surface area contributed by atoms with E-state index in [0.717, 1.165) is 32.1 Å². The van der Waals surface area contributed by atoms with Crippen molar-refractivity contribution < 1.29 is 32.9 Å². The molecule has 0 bridgehead atoms. The smallest absolute Gasteiger partial charge is 0.387 e. The zero-order chi connectivity index (χ0) is 57.0. The molecule has 0 aromatic rings. The molecule has 0 aromatic carbocycles. The van der Waals surface area contributed by atoms with E-state index in [9.17, 15) is 19.4 Å². The number of amides is 1. The number of phosphoric ester groups is 1. The summed E-state index contributed by atoms with van der Waals surface area (Å²) in [5, 5.41) is 14.0. The second-order valence-corrected chi connectivity index (χ2v) is 27.1. The van der Waals surface area contributed by atoms with Crippen molar-refractivity contribution in [3.63, 3.8) is 0 Å². The first kappa shape index (κ1) is 77.2. The molecule has 0 saturated heterocycles. The van der Waals surface area contributed by atoms with Gasteiger partial charge in [-0.3, -0.25) is 13.8 Å². The minimum atomic E-state index is -4.35. The predicted molar refractivity (Wildman–Crippen MR) is 342 cm³/mol. The maximum absolute atomic E-state index is 13.0. The van der Waals surface area contributed by atoms with Crippen LogP contribution in [-0.4, -0.2) is 73.4 Å².